The molecule has 0 N–H and O–H groups in total. The summed E-state index contributed by atoms with van der Waals surface area (Å²) in [5.41, 5.74) is 1.27. The summed E-state index contributed by atoms with van der Waals surface area (Å²) in [7, 11) is 0. The minimum absolute atomic E-state index is 0.0812. The Bertz CT molecular complexity index is 463. The van der Waals surface area contributed by atoms with E-state index >= 15 is 0 Å². The van der Waals surface area contributed by atoms with Crippen LogP contribution in [0, 0.1) is 0 Å². The number of carbonyl (C=O) groups excluding carboxylic acids is 1. The number of Topliss-reactive ketones (excluding diaryl/α,β-unsaturated/α-hetero) is 1. The van der Waals surface area contributed by atoms with Crippen molar-refractivity contribution >= 4 is 5.78 Å². The van der Waals surface area contributed by atoms with Crippen LogP contribution in [0.2, 0.25) is 0 Å². The molecule has 0 unspecified atom stereocenters. The van der Waals surface area contributed by atoms with Crippen molar-refractivity contribution in [1.29, 1.82) is 0 Å². The van der Waals surface area contributed by atoms with E-state index in [-0.39, 0.29) is 5.78 Å². The topological polar surface area (TPSA) is 60.7 Å². The Kier molecular flexibility index (Phi) is 2.53. The van der Waals surface area contributed by atoms with Crippen LogP contribution in [0.1, 0.15) is 23.1 Å². The molecule has 0 aromatic carbocycles. The number of carbonyl (C=O) groups is 1. The molecule has 0 bridgehead atoms. The molecular weight excluding hydrogens is 192 g/mol. The predicted molar refractivity (Wildman–Crippen MR) is 53.4 cm³/mol. The Balaban J connectivity index is 2.15. The molecule has 2 heterocycles. The van der Waals surface area contributed by atoms with Gasteiger partial charge in [-0.3, -0.25) is 9.78 Å². The largest absolute Gasteiger partial charge is 0.293 e. The third-order valence-corrected chi connectivity index (χ3v) is 1.95. The van der Waals surface area contributed by atoms with Crippen LogP contribution in [-0.2, 0) is 6.54 Å². The Morgan fingerprint density at radius 1 is 1.47 bits per heavy atom. The molecule has 0 fully saturated rings. The molecule has 2 aromatic heterocycles. The fourth-order valence-electron chi connectivity index (χ4n) is 1.19. The second kappa shape index (κ2) is 4.00. The van der Waals surface area contributed by atoms with E-state index in [2.05, 4.69) is 15.3 Å². The van der Waals surface area contributed by atoms with Crippen molar-refractivity contribution in [3.63, 3.8) is 0 Å². The summed E-state index contributed by atoms with van der Waals surface area (Å²) in [5.74, 6) is -0.0812. The van der Waals surface area contributed by atoms with Gasteiger partial charge in [0.25, 0.3) is 0 Å². The molecule has 5 heteroatoms. The van der Waals surface area contributed by atoms with Crippen LogP contribution in [-0.4, -0.2) is 25.8 Å². The van der Waals surface area contributed by atoms with E-state index in [0.717, 1.165) is 5.69 Å². The van der Waals surface area contributed by atoms with Gasteiger partial charge in [-0.1, -0.05) is 11.3 Å². The SMILES string of the molecule is CC(=O)c1cn(Cc2ccccn2)nn1. The van der Waals surface area contributed by atoms with E-state index in [0.29, 0.717) is 12.2 Å². The highest BCUT2D eigenvalue weighted by molar-refractivity contribution is 5.91. The van der Waals surface area contributed by atoms with Gasteiger partial charge < -0.3 is 0 Å². The summed E-state index contributed by atoms with van der Waals surface area (Å²) >= 11 is 0. The minimum Gasteiger partial charge on any atom is -0.293 e. The van der Waals surface area contributed by atoms with Gasteiger partial charge in [-0.05, 0) is 12.1 Å². The van der Waals surface area contributed by atoms with Crippen molar-refractivity contribution in [2.24, 2.45) is 0 Å². The lowest BCUT2D eigenvalue weighted by molar-refractivity contribution is 0.101. The number of aromatic nitrogens is 4. The molecule has 76 valence electrons. The number of ketones is 1. The molecule has 0 amide bonds. The Morgan fingerprint density at radius 3 is 2.93 bits per heavy atom. The first kappa shape index (κ1) is 9.51. The fourth-order valence-corrected chi connectivity index (χ4v) is 1.19. The first-order chi connectivity index (χ1) is 7.25. The van der Waals surface area contributed by atoms with Gasteiger partial charge >= 0.3 is 0 Å². The highest BCUT2D eigenvalue weighted by Crippen LogP contribution is 1.99. The van der Waals surface area contributed by atoms with Crippen LogP contribution < -0.4 is 0 Å². The smallest absolute Gasteiger partial charge is 0.181 e. The molecule has 0 atom stereocenters. The third kappa shape index (κ3) is 2.25. The maximum absolute atomic E-state index is 11.0. The lowest BCUT2D eigenvalue weighted by atomic mass is 10.3. The van der Waals surface area contributed by atoms with E-state index < -0.39 is 0 Å². The number of pyridine rings is 1. The molecule has 0 saturated carbocycles. The van der Waals surface area contributed by atoms with E-state index in [1.165, 1.54) is 6.92 Å². The normalized spacial score (nSPS) is 10.2. The van der Waals surface area contributed by atoms with E-state index in [9.17, 15) is 4.79 Å². The van der Waals surface area contributed by atoms with Gasteiger partial charge in [0.15, 0.2) is 5.78 Å². The van der Waals surface area contributed by atoms with Crippen LogP contribution in [0.3, 0.4) is 0 Å². The second-order valence-corrected chi connectivity index (χ2v) is 3.18. The molecule has 0 radical (unpaired) electrons. The van der Waals surface area contributed by atoms with Gasteiger partial charge in [-0.25, -0.2) is 4.68 Å². The number of nitrogens with zero attached hydrogens (tertiary/aromatic N) is 4. The van der Waals surface area contributed by atoms with E-state index in [4.69, 9.17) is 0 Å². The lowest BCUT2D eigenvalue weighted by Crippen LogP contribution is -2.01. The summed E-state index contributed by atoms with van der Waals surface area (Å²) in [6.45, 7) is 2.00. The lowest BCUT2D eigenvalue weighted by Gasteiger charge is -1.97. The molecule has 5 nitrogen and oxygen atoms in total. The van der Waals surface area contributed by atoms with Gasteiger partial charge in [-0.15, -0.1) is 5.10 Å². The van der Waals surface area contributed by atoms with Crippen molar-refractivity contribution in [2.45, 2.75) is 13.5 Å². The van der Waals surface area contributed by atoms with Crippen molar-refractivity contribution in [3.8, 4) is 0 Å². The molecule has 2 aromatic rings. The average Bonchev–Trinajstić information content (AvgIpc) is 2.68. The number of hydrogen-bond donors (Lipinski definition) is 0. The Labute approximate surface area is 86.8 Å². The van der Waals surface area contributed by atoms with Crippen LogP contribution in [0.25, 0.3) is 0 Å². The summed E-state index contributed by atoms with van der Waals surface area (Å²) in [6.07, 6.45) is 3.34. The van der Waals surface area contributed by atoms with Crippen molar-refractivity contribution in [1.82, 2.24) is 20.0 Å². The maximum Gasteiger partial charge on any atom is 0.181 e. The summed E-state index contributed by atoms with van der Waals surface area (Å²) in [6, 6.07) is 5.66. The number of rotatable bonds is 3. The fraction of sp³-hybridized carbons (Fsp3) is 0.200. The Hall–Kier alpha value is -2.04. The zero-order valence-electron chi connectivity index (χ0n) is 8.29. The second-order valence-electron chi connectivity index (χ2n) is 3.18. The van der Waals surface area contributed by atoms with Gasteiger partial charge in [0.1, 0.15) is 5.69 Å². The first-order valence-electron chi connectivity index (χ1n) is 4.56. The maximum atomic E-state index is 11.0. The van der Waals surface area contributed by atoms with Crippen molar-refractivity contribution in [2.75, 3.05) is 0 Å². The first-order valence-corrected chi connectivity index (χ1v) is 4.56. The third-order valence-electron chi connectivity index (χ3n) is 1.95. The molecule has 0 aliphatic carbocycles. The van der Waals surface area contributed by atoms with E-state index in [1.54, 1.807) is 17.1 Å². The monoisotopic (exact) mass is 202 g/mol. The van der Waals surface area contributed by atoms with Crippen molar-refractivity contribution < 1.29 is 4.79 Å². The molecule has 0 aliphatic heterocycles. The van der Waals surface area contributed by atoms with Gasteiger partial charge in [0, 0.05) is 13.1 Å². The Morgan fingerprint density at radius 2 is 2.33 bits per heavy atom. The summed E-state index contributed by atoms with van der Waals surface area (Å²) < 4.78 is 1.60. The standard InChI is InChI=1S/C10H10N4O/c1-8(15)10-7-14(13-12-10)6-9-4-2-3-5-11-9/h2-5,7H,6H2,1H3. The molecule has 0 spiro atoms. The predicted octanol–water partition coefficient (Wildman–Crippen LogP) is 0.924. The highest BCUT2D eigenvalue weighted by Gasteiger charge is 2.05. The molecule has 0 saturated heterocycles. The minimum atomic E-state index is -0.0812. The zero-order valence-corrected chi connectivity index (χ0v) is 8.29. The van der Waals surface area contributed by atoms with Crippen LogP contribution >= 0.6 is 0 Å². The highest BCUT2D eigenvalue weighted by atomic mass is 16.1. The number of hydrogen-bond acceptors (Lipinski definition) is 4. The molecule has 2 rings (SSSR count). The van der Waals surface area contributed by atoms with Crippen molar-refractivity contribution in [3.05, 3.63) is 42.0 Å². The van der Waals surface area contributed by atoms with Crippen LogP contribution in [0.4, 0.5) is 0 Å². The van der Waals surface area contributed by atoms with Gasteiger partial charge in [-0.2, -0.15) is 0 Å². The molecule has 0 aliphatic rings. The summed E-state index contributed by atoms with van der Waals surface area (Å²) in [4.78, 5) is 15.1. The van der Waals surface area contributed by atoms with Gasteiger partial charge in [0.2, 0.25) is 0 Å². The zero-order chi connectivity index (χ0) is 10.7. The van der Waals surface area contributed by atoms with Gasteiger partial charge in [0.05, 0.1) is 18.4 Å². The summed E-state index contributed by atoms with van der Waals surface area (Å²) in [5, 5.41) is 7.59. The average molecular weight is 202 g/mol. The molecular formula is C10H10N4O. The quantitative estimate of drug-likeness (QED) is 0.694. The molecule has 15 heavy (non-hydrogen) atoms. The van der Waals surface area contributed by atoms with Crippen LogP contribution in [0.5, 0.6) is 0 Å². The van der Waals surface area contributed by atoms with Crippen LogP contribution in [0.15, 0.2) is 30.6 Å². The van der Waals surface area contributed by atoms with E-state index in [1.807, 2.05) is 18.2 Å².